The molecule has 1 saturated heterocycles. The minimum atomic E-state index is -0.997. The third kappa shape index (κ3) is 2.41. The van der Waals surface area contributed by atoms with Gasteiger partial charge in [-0.3, -0.25) is 4.79 Å². The third-order valence-corrected chi connectivity index (χ3v) is 4.21. The fourth-order valence-corrected chi connectivity index (χ4v) is 3.17. The number of nitrogens with one attached hydrogen (secondary N) is 1. The number of carbonyl (C=O) groups is 1. The van der Waals surface area contributed by atoms with Crippen LogP contribution in [0.1, 0.15) is 28.8 Å². The van der Waals surface area contributed by atoms with E-state index in [1.54, 1.807) is 13.2 Å². The fourth-order valence-electron chi connectivity index (χ4n) is 3.17. The average Bonchev–Trinajstić information content (AvgIpc) is 2.53. The lowest BCUT2D eigenvalue weighted by atomic mass is 9.81. The van der Waals surface area contributed by atoms with Crippen LogP contribution in [0.25, 0.3) is 10.8 Å². The number of piperidine rings is 1. The molecule has 0 aliphatic carbocycles. The standard InChI is InChI=1S/C17H19NO3/c1-21-14-5-6-15-12(9-14)3-4-13(10-19)16(15)17(20)7-2-8-18-11-17/h3-6,9-10,18,20H,2,7-8,11H2,1H3. The summed E-state index contributed by atoms with van der Waals surface area (Å²) in [6.45, 7) is 1.37. The van der Waals surface area contributed by atoms with E-state index < -0.39 is 5.60 Å². The molecule has 4 nitrogen and oxygen atoms in total. The quantitative estimate of drug-likeness (QED) is 0.849. The van der Waals surface area contributed by atoms with Crippen LogP contribution in [0.3, 0.4) is 0 Å². The van der Waals surface area contributed by atoms with Crippen LogP contribution in [0.2, 0.25) is 0 Å². The van der Waals surface area contributed by atoms with Gasteiger partial charge in [-0.05, 0) is 42.3 Å². The molecule has 0 spiro atoms. The highest BCUT2D eigenvalue weighted by atomic mass is 16.5. The van der Waals surface area contributed by atoms with Gasteiger partial charge in [-0.2, -0.15) is 0 Å². The molecule has 0 amide bonds. The van der Waals surface area contributed by atoms with Gasteiger partial charge in [0.15, 0.2) is 0 Å². The highest BCUT2D eigenvalue weighted by molar-refractivity contribution is 5.94. The number of aldehydes is 1. The molecule has 0 aromatic heterocycles. The Morgan fingerprint density at radius 3 is 2.86 bits per heavy atom. The van der Waals surface area contributed by atoms with Crippen molar-refractivity contribution in [3.05, 3.63) is 41.5 Å². The fraction of sp³-hybridized carbons (Fsp3) is 0.353. The summed E-state index contributed by atoms with van der Waals surface area (Å²) in [5, 5.41) is 16.1. The Morgan fingerprint density at radius 1 is 1.33 bits per heavy atom. The number of rotatable bonds is 3. The first-order valence-corrected chi connectivity index (χ1v) is 7.17. The van der Waals surface area contributed by atoms with E-state index in [1.165, 1.54) is 0 Å². The smallest absolute Gasteiger partial charge is 0.150 e. The second-order valence-corrected chi connectivity index (χ2v) is 5.55. The summed E-state index contributed by atoms with van der Waals surface area (Å²) in [4.78, 5) is 11.4. The molecule has 21 heavy (non-hydrogen) atoms. The van der Waals surface area contributed by atoms with Crippen LogP contribution >= 0.6 is 0 Å². The van der Waals surface area contributed by atoms with Gasteiger partial charge in [-0.25, -0.2) is 0 Å². The van der Waals surface area contributed by atoms with Gasteiger partial charge >= 0.3 is 0 Å². The summed E-state index contributed by atoms with van der Waals surface area (Å²) in [5.41, 5.74) is 0.284. The minimum absolute atomic E-state index is 0.471. The first-order chi connectivity index (χ1) is 10.2. The summed E-state index contributed by atoms with van der Waals surface area (Å²) >= 11 is 0. The topological polar surface area (TPSA) is 58.6 Å². The second-order valence-electron chi connectivity index (χ2n) is 5.55. The van der Waals surface area contributed by atoms with Crippen molar-refractivity contribution in [1.82, 2.24) is 5.32 Å². The molecule has 0 bridgehead atoms. The highest BCUT2D eigenvalue weighted by Gasteiger charge is 2.34. The van der Waals surface area contributed by atoms with Crippen molar-refractivity contribution in [3.63, 3.8) is 0 Å². The van der Waals surface area contributed by atoms with E-state index in [-0.39, 0.29) is 0 Å². The molecular formula is C17H19NO3. The van der Waals surface area contributed by atoms with Crippen LogP contribution in [0.15, 0.2) is 30.3 Å². The Morgan fingerprint density at radius 2 is 2.19 bits per heavy atom. The Kier molecular flexibility index (Phi) is 3.66. The lowest BCUT2D eigenvalue weighted by molar-refractivity contribution is 0.0131. The molecule has 2 aromatic carbocycles. The van der Waals surface area contributed by atoms with Crippen LogP contribution in [-0.4, -0.2) is 31.6 Å². The largest absolute Gasteiger partial charge is 0.497 e. The SMILES string of the molecule is COc1ccc2c(C3(O)CCCNC3)c(C=O)ccc2c1. The average molecular weight is 285 g/mol. The number of fused-ring (bicyclic) bond motifs is 1. The molecule has 0 saturated carbocycles. The Balaban J connectivity index is 2.24. The van der Waals surface area contributed by atoms with Gasteiger partial charge in [0.2, 0.25) is 0 Å². The van der Waals surface area contributed by atoms with Crippen LogP contribution < -0.4 is 10.1 Å². The molecule has 110 valence electrons. The molecule has 1 aliphatic heterocycles. The van der Waals surface area contributed by atoms with Crippen molar-refractivity contribution >= 4 is 17.1 Å². The van der Waals surface area contributed by atoms with Gasteiger partial charge in [0.1, 0.15) is 17.6 Å². The summed E-state index contributed by atoms with van der Waals surface area (Å²) in [6.07, 6.45) is 2.37. The summed E-state index contributed by atoms with van der Waals surface area (Å²) < 4.78 is 5.24. The number of carbonyl (C=O) groups excluding carboxylic acids is 1. The molecule has 2 N–H and O–H groups in total. The van der Waals surface area contributed by atoms with Gasteiger partial charge in [-0.15, -0.1) is 0 Å². The van der Waals surface area contributed by atoms with E-state index >= 15 is 0 Å². The van der Waals surface area contributed by atoms with Gasteiger partial charge in [0.25, 0.3) is 0 Å². The van der Waals surface area contributed by atoms with Gasteiger partial charge < -0.3 is 15.2 Å². The van der Waals surface area contributed by atoms with Crippen molar-refractivity contribution in [2.75, 3.05) is 20.2 Å². The van der Waals surface area contributed by atoms with Gasteiger partial charge in [-0.1, -0.05) is 18.2 Å². The number of hydrogen-bond donors (Lipinski definition) is 2. The molecule has 1 aliphatic rings. The number of benzene rings is 2. The van der Waals surface area contributed by atoms with E-state index in [0.717, 1.165) is 41.3 Å². The summed E-state index contributed by atoms with van der Waals surface area (Å²) in [5.74, 6) is 0.765. The first-order valence-electron chi connectivity index (χ1n) is 7.17. The maximum Gasteiger partial charge on any atom is 0.150 e. The molecule has 1 unspecified atom stereocenters. The lowest BCUT2D eigenvalue weighted by Crippen LogP contribution is -2.44. The Hall–Kier alpha value is -1.91. The Bertz CT molecular complexity index is 675. The molecule has 2 aromatic rings. The zero-order valence-corrected chi connectivity index (χ0v) is 12.1. The highest BCUT2D eigenvalue weighted by Crippen LogP contribution is 2.36. The van der Waals surface area contributed by atoms with E-state index in [2.05, 4.69) is 5.32 Å². The molecule has 0 radical (unpaired) electrons. The molecule has 1 atom stereocenters. The van der Waals surface area contributed by atoms with Crippen molar-refractivity contribution < 1.29 is 14.6 Å². The lowest BCUT2D eigenvalue weighted by Gasteiger charge is -2.35. The second kappa shape index (κ2) is 5.47. The summed E-state index contributed by atoms with van der Waals surface area (Å²) in [7, 11) is 1.63. The normalized spacial score (nSPS) is 22.2. The van der Waals surface area contributed by atoms with E-state index in [0.29, 0.717) is 18.5 Å². The van der Waals surface area contributed by atoms with Crippen LogP contribution in [0, 0.1) is 0 Å². The number of hydrogen-bond acceptors (Lipinski definition) is 4. The Labute approximate surface area is 123 Å². The van der Waals surface area contributed by atoms with Crippen LogP contribution in [0.5, 0.6) is 5.75 Å². The molecule has 3 rings (SSSR count). The summed E-state index contributed by atoms with van der Waals surface area (Å²) in [6, 6.07) is 9.37. The number of methoxy groups -OCH3 is 1. The molecule has 1 heterocycles. The first kappa shape index (κ1) is 14.0. The predicted octanol–water partition coefficient (Wildman–Crippen LogP) is 2.23. The van der Waals surface area contributed by atoms with E-state index in [9.17, 15) is 9.90 Å². The van der Waals surface area contributed by atoms with Crippen molar-refractivity contribution in [3.8, 4) is 5.75 Å². The number of ether oxygens (including phenoxy) is 1. The number of aliphatic hydroxyl groups is 1. The van der Waals surface area contributed by atoms with Crippen molar-refractivity contribution in [2.24, 2.45) is 0 Å². The maximum atomic E-state index is 11.4. The van der Waals surface area contributed by atoms with E-state index in [4.69, 9.17) is 4.74 Å². The van der Waals surface area contributed by atoms with E-state index in [1.807, 2.05) is 24.3 Å². The zero-order valence-electron chi connectivity index (χ0n) is 12.1. The molecular weight excluding hydrogens is 266 g/mol. The van der Waals surface area contributed by atoms with Crippen LogP contribution in [0.4, 0.5) is 0 Å². The number of β-amino-alcohol motifs (C(OH)–C–C–N with tert-alkyl or cyclic N) is 1. The monoisotopic (exact) mass is 285 g/mol. The predicted molar refractivity (Wildman–Crippen MR) is 81.9 cm³/mol. The molecule has 4 heteroatoms. The van der Waals surface area contributed by atoms with Crippen molar-refractivity contribution in [2.45, 2.75) is 18.4 Å². The van der Waals surface area contributed by atoms with Gasteiger partial charge in [0, 0.05) is 17.7 Å². The van der Waals surface area contributed by atoms with Crippen molar-refractivity contribution in [1.29, 1.82) is 0 Å². The third-order valence-electron chi connectivity index (χ3n) is 4.21. The van der Waals surface area contributed by atoms with Crippen LogP contribution in [-0.2, 0) is 5.60 Å². The maximum absolute atomic E-state index is 11.4. The molecule has 1 fully saturated rings. The zero-order chi connectivity index (χ0) is 14.9. The van der Waals surface area contributed by atoms with Gasteiger partial charge in [0.05, 0.1) is 7.11 Å². The minimum Gasteiger partial charge on any atom is -0.497 e.